The lowest BCUT2D eigenvalue weighted by Gasteiger charge is -2.10. The molecular formula is C15H23NO3S. The van der Waals surface area contributed by atoms with Crippen LogP contribution in [0.15, 0.2) is 17.5 Å². The topological polar surface area (TPSA) is 47.6 Å². The smallest absolute Gasteiger partial charge is 0.220 e. The van der Waals surface area contributed by atoms with Crippen LogP contribution < -0.4 is 5.32 Å². The van der Waals surface area contributed by atoms with Crippen molar-refractivity contribution in [2.45, 2.75) is 38.2 Å². The van der Waals surface area contributed by atoms with Crippen LogP contribution in [0, 0.1) is 0 Å². The van der Waals surface area contributed by atoms with E-state index in [4.69, 9.17) is 9.47 Å². The highest BCUT2D eigenvalue weighted by Crippen LogP contribution is 2.12. The fourth-order valence-corrected chi connectivity index (χ4v) is 2.88. The Morgan fingerprint density at radius 1 is 1.55 bits per heavy atom. The van der Waals surface area contributed by atoms with Gasteiger partial charge in [-0.1, -0.05) is 6.07 Å². The van der Waals surface area contributed by atoms with Crippen LogP contribution in [0.1, 0.15) is 30.6 Å². The van der Waals surface area contributed by atoms with Gasteiger partial charge >= 0.3 is 0 Å². The zero-order valence-electron chi connectivity index (χ0n) is 11.8. The number of carbonyl (C=O) groups is 1. The molecule has 1 aromatic heterocycles. The van der Waals surface area contributed by atoms with Crippen LogP contribution in [0.3, 0.4) is 0 Å². The van der Waals surface area contributed by atoms with E-state index < -0.39 is 0 Å². The minimum atomic E-state index is 0.123. The van der Waals surface area contributed by atoms with Gasteiger partial charge in [0.15, 0.2) is 0 Å². The van der Waals surface area contributed by atoms with Crippen molar-refractivity contribution in [1.82, 2.24) is 5.32 Å². The molecule has 0 spiro atoms. The van der Waals surface area contributed by atoms with E-state index in [9.17, 15) is 4.79 Å². The molecule has 1 saturated heterocycles. The Labute approximate surface area is 124 Å². The Kier molecular flexibility index (Phi) is 7.05. The van der Waals surface area contributed by atoms with Gasteiger partial charge in [0.25, 0.3) is 0 Å². The summed E-state index contributed by atoms with van der Waals surface area (Å²) in [6, 6.07) is 4.08. The van der Waals surface area contributed by atoms with Gasteiger partial charge in [0, 0.05) is 31.1 Å². The summed E-state index contributed by atoms with van der Waals surface area (Å²) in [5.74, 6) is 0.123. The molecule has 2 rings (SSSR count). The van der Waals surface area contributed by atoms with Gasteiger partial charge in [0.1, 0.15) is 0 Å². The number of hydrogen-bond acceptors (Lipinski definition) is 4. The van der Waals surface area contributed by atoms with Crippen molar-refractivity contribution >= 4 is 17.2 Å². The lowest BCUT2D eigenvalue weighted by molar-refractivity contribution is -0.121. The quantitative estimate of drug-likeness (QED) is 0.712. The summed E-state index contributed by atoms with van der Waals surface area (Å²) in [7, 11) is 0. The van der Waals surface area contributed by atoms with Crippen LogP contribution in [0.4, 0.5) is 0 Å². The Morgan fingerprint density at radius 3 is 3.25 bits per heavy atom. The van der Waals surface area contributed by atoms with E-state index in [-0.39, 0.29) is 12.0 Å². The van der Waals surface area contributed by atoms with Crippen LogP contribution in [-0.2, 0) is 20.7 Å². The van der Waals surface area contributed by atoms with Crippen LogP contribution >= 0.6 is 11.3 Å². The first-order chi connectivity index (χ1) is 9.84. The number of hydrogen-bond donors (Lipinski definition) is 1. The van der Waals surface area contributed by atoms with E-state index in [2.05, 4.69) is 11.4 Å². The van der Waals surface area contributed by atoms with Crippen LogP contribution in [0.5, 0.6) is 0 Å². The number of amides is 1. The SMILES string of the molecule is O=C(CCc1cccs1)NCCCOCC1CCCO1. The summed E-state index contributed by atoms with van der Waals surface area (Å²) >= 11 is 1.70. The predicted molar refractivity (Wildman–Crippen MR) is 80.1 cm³/mol. The molecule has 1 aromatic rings. The first kappa shape index (κ1) is 15.5. The average molecular weight is 297 g/mol. The molecule has 1 amide bonds. The minimum Gasteiger partial charge on any atom is -0.379 e. The van der Waals surface area contributed by atoms with Crippen molar-refractivity contribution in [2.24, 2.45) is 0 Å². The Bertz CT molecular complexity index is 374. The number of rotatable bonds is 9. The van der Waals surface area contributed by atoms with Crippen LogP contribution in [0.2, 0.25) is 0 Å². The number of aryl methyl sites for hydroxylation is 1. The average Bonchev–Trinajstić information content (AvgIpc) is 3.13. The molecule has 1 N–H and O–H groups in total. The highest BCUT2D eigenvalue weighted by atomic mass is 32.1. The maximum atomic E-state index is 11.6. The van der Waals surface area contributed by atoms with Gasteiger partial charge in [-0.3, -0.25) is 4.79 Å². The highest BCUT2D eigenvalue weighted by molar-refractivity contribution is 7.09. The van der Waals surface area contributed by atoms with Gasteiger partial charge in [-0.05, 0) is 37.1 Å². The molecule has 112 valence electrons. The third-order valence-corrected chi connectivity index (χ3v) is 4.23. The molecule has 1 atom stereocenters. The highest BCUT2D eigenvalue weighted by Gasteiger charge is 2.14. The van der Waals surface area contributed by atoms with Crippen molar-refractivity contribution < 1.29 is 14.3 Å². The van der Waals surface area contributed by atoms with E-state index in [1.54, 1.807) is 11.3 Å². The Hall–Kier alpha value is -0.910. The molecule has 4 nitrogen and oxygen atoms in total. The normalized spacial score (nSPS) is 18.3. The van der Waals surface area contributed by atoms with Gasteiger partial charge in [0.05, 0.1) is 12.7 Å². The zero-order valence-corrected chi connectivity index (χ0v) is 12.6. The molecule has 0 aromatic carbocycles. The second-order valence-electron chi connectivity index (χ2n) is 4.99. The molecule has 0 bridgehead atoms. The first-order valence-electron chi connectivity index (χ1n) is 7.33. The molecule has 5 heteroatoms. The van der Waals surface area contributed by atoms with Gasteiger partial charge in [0.2, 0.25) is 5.91 Å². The number of thiophene rings is 1. The third-order valence-electron chi connectivity index (χ3n) is 3.29. The maximum Gasteiger partial charge on any atom is 0.220 e. The molecule has 1 aliphatic rings. The molecule has 1 fully saturated rings. The zero-order chi connectivity index (χ0) is 14.0. The van der Waals surface area contributed by atoms with Crippen molar-refractivity contribution in [3.8, 4) is 0 Å². The van der Waals surface area contributed by atoms with E-state index in [0.29, 0.717) is 26.2 Å². The summed E-state index contributed by atoms with van der Waals surface area (Å²) in [6.45, 7) is 2.93. The van der Waals surface area contributed by atoms with Crippen molar-refractivity contribution in [3.05, 3.63) is 22.4 Å². The number of carbonyl (C=O) groups excluding carboxylic acids is 1. The number of ether oxygens (including phenoxy) is 2. The lowest BCUT2D eigenvalue weighted by atomic mass is 10.2. The molecule has 0 saturated carbocycles. The first-order valence-corrected chi connectivity index (χ1v) is 8.21. The minimum absolute atomic E-state index is 0.123. The summed E-state index contributed by atoms with van der Waals surface area (Å²) in [5, 5.41) is 4.97. The largest absolute Gasteiger partial charge is 0.379 e. The van der Waals surface area contributed by atoms with Gasteiger partial charge in [-0.2, -0.15) is 0 Å². The molecular weight excluding hydrogens is 274 g/mol. The molecule has 0 aliphatic carbocycles. The third kappa shape index (κ3) is 6.03. The second kappa shape index (κ2) is 9.10. The van der Waals surface area contributed by atoms with E-state index in [1.807, 2.05) is 11.4 Å². The fraction of sp³-hybridized carbons (Fsp3) is 0.667. The molecule has 1 aliphatic heterocycles. The van der Waals surface area contributed by atoms with E-state index in [1.165, 1.54) is 4.88 Å². The van der Waals surface area contributed by atoms with Crippen molar-refractivity contribution in [2.75, 3.05) is 26.4 Å². The monoisotopic (exact) mass is 297 g/mol. The van der Waals surface area contributed by atoms with Gasteiger partial charge in [-0.25, -0.2) is 0 Å². The van der Waals surface area contributed by atoms with E-state index >= 15 is 0 Å². The maximum absolute atomic E-state index is 11.6. The van der Waals surface area contributed by atoms with Crippen molar-refractivity contribution in [3.63, 3.8) is 0 Å². The molecule has 2 heterocycles. The fourth-order valence-electron chi connectivity index (χ4n) is 2.17. The molecule has 1 unspecified atom stereocenters. The van der Waals surface area contributed by atoms with E-state index in [0.717, 1.165) is 32.3 Å². The summed E-state index contributed by atoms with van der Waals surface area (Å²) in [4.78, 5) is 12.9. The van der Waals surface area contributed by atoms with Crippen molar-refractivity contribution in [1.29, 1.82) is 0 Å². The summed E-state index contributed by atoms with van der Waals surface area (Å²) in [5.41, 5.74) is 0. The van der Waals surface area contributed by atoms with Gasteiger partial charge in [-0.15, -0.1) is 11.3 Å². The number of nitrogens with one attached hydrogen (secondary N) is 1. The summed E-state index contributed by atoms with van der Waals surface area (Å²) in [6.07, 6.45) is 4.80. The van der Waals surface area contributed by atoms with Gasteiger partial charge < -0.3 is 14.8 Å². The Morgan fingerprint density at radius 2 is 2.50 bits per heavy atom. The lowest BCUT2D eigenvalue weighted by Crippen LogP contribution is -2.25. The summed E-state index contributed by atoms with van der Waals surface area (Å²) < 4.78 is 11.0. The predicted octanol–water partition coefficient (Wildman–Crippen LogP) is 2.38. The van der Waals surface area contributed by atoms with Crippen LogP contribution in [-0.4, -0.2) is 38.4 Å². The van der Waals surface area contributed by atoms with Crippen LogP contribution in [0.25, 0.3) is 0 Å². The standard InChI is InChI=1S/C15H23NO3S/c17-15(7-6-14-5-2-11-20-14)16-8-3-9-18-12-13-4-1-10-19-13/h2,5,11,13H,1,3-4,6-10,12H2,(H,16,17). The second-order valence-corrected chi connectivity index (χ2v) is 6.03. The molecule has 0 radical (unpaired) electrons. The Balaban J connectivity index is 1.41. The molecule has 20 heavy (non-hydrogen) atoms.